The summed E-state index contributed by atoms with van der Waals surface area (Å²) in [5.74, 6) is 1.20. The highest BCUT2D eigenvalue weighted by atomic mass is 35.5. The van der Waals surface area contributed by atoms with Crippen LogP contribution in [0.5, 0.6) is 5.75 Å². The molecular weight excluding hydrogens is 240 g/mol. The highest BCUT2D eigenvalue weighted by Crippen LogP contribution is 2.30. The van der Waals surface area contributed by atoms with Gasteiger partial charge in [-0.2, -0.15) is 0 Å². The molecular formula is C12H15ClN2O2. The van der Waals surface area contributed by atoms with Crippen molar-refractivity contribution in [1.29, 1.82) is 0 Å². The molecule has 0 bridgehead atoms. The lowest BCUT2D eigenvalue weighted by atomic mass is 10.1. The first-order chi connectivity index (χ1) is 8.20. The van der Waals surface area contributed by atoms with Crippen molar-refractivity contribution in [3.05, 3.63) is 23.8 Å². The average molecular weight is 255 g/mol. The van der Waals surface area contributed by atoms with Gasteiger partial charge in [0, 0.05) is 19.0 Å². The summed E-state index contributed by atoms with van der Waals surface area (Å²) in [7, 11) is 0. The highest BCUT2D eigenvalue weighted by molar-refractivity contribution is 6.18. The van der Waals surface area contributed by atoms with E-state index in [4.69, 9.17) is 16.3 Å². The van der Waals surface area contributed by atoms with E-state index in [9.17, 15) is 4.79 Å². The monoisotopic (exact) mass is 254 g/mol. The van der Waals surface area contributed by atoms with Gasteiger partial charge in [0.25, 0.3) is 5.91 Å². The number of nitrogens with one attached hydrogen (secondary N) is 2. The summed E-state index contributed by atoms with van der Waals surface area (Å²) in [4.78, 5) is 11.5. The molecule has 1 aliphatic rings. The molecule has 1 heterocycles. The van der Waals surface area contributed by atoms with Gasteiger partial charge in [-0.3, -0.25) is 4.79 Å². The molecule has 0 aliphatic carbocycles. The van der Waals surface area contributed by atoms with E-state index in [1.807, 2.05) is 18.2 Å². The van der Waals surface area contributed by atoms with E-state index < -0.39 is 6.10 Å². The first-order valence-corrected chi connectivity index (χ1v) is 6.11. The van der Waals surface area contributed by atoms with Gasteiger partial charge in [-0.05, 0) is 24.6 Å². The minimum absolute atomic E-state index is 0.108. The molecule has 1 unspecified atom stereocenters. The van der Waals surface area contributed by atoms with Crippen molar-refractivity contribution in [2.75, 3.05) is 17.7 Å². The molecule has 2 rings (SSSR count). The predicted octanol–water partition coefficient (Wildman–Crippen LogP) is 1.73. The zero-order valence-electron chi connectivity index (χ0n) is 9.63. The molecule has 17 heavy (non-hydrogen) atoms. The smallest absolute Gasteiger partial charge is 0.265 e. The van der Waals surface area contributed by atoms with Crippen LogP contribution < -0.4 is 15.4 Å². The number of ether oxygens (including phenoxy) is 1. The van der Waals surface area contributed by atoms with Crippen LogP contribution in [0.2, 0.25) is 0 Å². The molecule has 4 nitrogen and oxygen atoms in total. The zero-order chi connectivity index (χ0) is 12.3. The van der Waals surface area contributed by atoms with Crippen LogP contribution in [0.1, 0.15) is 12.5 Å². The molecule has 2 N–H and O–H groups in total. The Labute approximate surface area is 105 Å². The van der Waals surface area contributed by atoms with Crippen LogP contribution in [0.15, 0.2) is 18.2 Å². The predicted molar refractivity (Wildman–Crippen MR) is 67.6 cm³/mol. The third-order valence-corrected chi connectivity index (χ3v) is 2.76. The fraction of sp³-hybridized carbons (Fsp3) is 0.417. The number of rotatable bonds is 4. The first kappa shape index (κ1) is 12.2. The second-order valence-corrected chi connectivity index (χ2v) is 4.32. The summed E-state index contributed by atoms with van der Waals surface area (Å²) in [6.07, 6.45) is -0.428. The Balaban J connectivity index is 2.09. The average Bonchev–Trinajstić information content (AvgIpc) is 2.31. The number of benzene rings is 1. The summed E-state index contributed by atoms with van der Waals surface area (Å²) < 4.78 is 5.47. The molecule has 0 saturated heterocycles. The Bertz CT molecular complexity index is 423. The molecule has 1 aromatic rings. The fourth-order valence-corrected chi connectivity index (χ4v) is 1.80. The Morgan fingerprint density at radius 3 is 3.12 bits per heavy atom. The van der Waals surface area contributed by atoms with E-state index in [1.54, 1.807) is 6.92 Å². The fourth-order valence-electron chi connectivity index (χ4n) is 1.67. The van der Waals surface area contributed by atoms with E-state index >= 15 is 0 Å². The number of hydrogen-bond acceptors (Lipinski definition) is 3. The van der Waals surface area contributed by atoms with Gasteiger partial charge in [0.15, 0.2) is 6.10 Å². The lowest BCUT2D eigenvalue weighted by molar-refractivity contribution is -0.122. The van der Waals surface area contributed by atoms with Gasteiger partial charge in [0.1, 0.15) is 5.75 Å². The van der Waals surface area contributed by atoms with E-state index in [2.05, 4.69) is 10.6 Å². The molecule has 0 saturated carbocycles. The minimum Gasteiger partial charge on any atom is -0.479 e. The number of halogens is 1. The maximum Gasteiger partial charge on any atom is 0.265 e. The van der Waals surface area contributed by atoms with E-state index in [0.29, 0.717) is 5.88 Å². The van der Waals surface area contributed by atoms with Crippen molar-refractivity contribution >= 4 is 23.2 Å². The van der Waals surface area contributed by atoms with Crippen LogP contribution in [0, 0.1) is 0 Å². The number of anilines is 1. The van der Waals surface area contributed by atoms with Crippen LogP contribution in [-0.2, 0) is 11.3 Å². The Hall–Kier alpha value is -1.26. The number of fused-ring (bicyclic) bond motifs is 1. The van der Waals surface area contributed by atoms with Gasteiger partial charge in [-0.25, -0.2) is 0 Å². The maximum absolute atomic E-state index is 11.5. The van der Waals surface area contributed by atoms with Crippen molar-refractivity contribution < 1.29 is 9.53 Å². The molecule has 0 spiro atoms. The number of carbonyl (C=O) groups excluding carboxylic acids is 1. The third kappa shape index (κ3) is 2.90. The molecule has 1 amide bonds. The van der Waals surface area contributed by atoms with Gasteiger partial charge in [0.2, 0.25) is 0 Å². The summed E-state index contributed by atoms with van der Waals surface area (Å²) in [6, 6.07) is 5.77. The summed E-state index contributed by atoms with van der Waals surface area (Å²) in [5, 5.41) is 6.02. The van der Waals surface area contributed by atoms with Crippen LogP contribution >= 0.6 is 11.6 Å². The third-order valence-electron chi connectivity index (χ3n) is 2.58. The SMILES string of the molecule is CC1Oc2ccc(CNCCCl)cc2NC1=O. The second kappa shape index (κ2) is 5.38. The van der Waals surface area contributed by atoms with Crippen molar-refractivity contribution in [3.63, 3.8) is 0 Å². The normalized spacial score (nSPS) is 18.2. The molecule has 0 radical (unpaired) electrons. The number of carbonyl (C=O) groups is 1. The molecule has 1 aliphatic heterocycles. The van der Waals surface area contributed by atoms with Gasteiger partial charge >= 0.3 is 0 Å². The zero-order valence-corrected chi connectivity index (χ0v) is 10.4. The molecule has 0 fully saturated rings. The molecule has 1 aromatic carbocycles. The Kier molecular flexibility index (Phi) is 3.86. The van der Waals surface area contributed by atoms with Crippen molar-refractivity contribution in [2.45, 2.75) is 19.6 Å². The van der Waals surface area contributed by atoms with E-state index in [-0.39, 0.29) is 5.91 Å². The van der Waals surface area contributed by atoms with Crippen molar-refractivity contribution in [3.8, 4) is 5.75 Å². The standard InChI is InChI=1S/C12H15ClN2O2/c1-8-12(16)15-10-6-9(7-14-5-4-13)2-3-11(10)17-8/h2-3,6,8,14H,4-5,7H2,1H3,(H,15,16). The molecule has 1 atom stereocenters. The number of amides is 1. The van der Waals surface area contributed by atoms with Gasteiger partial charge < -0.3 is 15.4 Å². The summed E-state index contributed by atoms with van der Waals surface area (Å²) >= 11 is 5.58. The minimum atomic E-state index is -0.428. The second-order valence-electron chi connectivity index (χ2n) is 3.95. The van der Waals surface area contributed by atoms with Crippen LogP contribution in [0.3, 0.4) is 0 Å². The largest absolute Gasteiger partial charge is 0.479 e. The summed E-state index contributed by atoms with van der Waals surface area (Å²) in [6.45, 7) is 3.22. The van der Waals surface area contributed by atoms with Gasteiger partial charge in [-0.15, -0.1) is 11.6 Å². The van der Waals surface area contributed by atoms with Gasteiger partial charge in [-0.1, -0.05) is 6.07 Å². The first-order valence-electron chi connectivity index (χ1n) is 5.58. The van der Waals surface area contributed by atoms with Crippen LogP contribution in [-0.4, -0.2) is 24.4 Å². The topological polar surface area (TPSA) is 50.4 Å². The Morgan fingerprint density at radius 2 is 2.35 bits per heavy atom. The molecule has 0 aromatic heterocycles. The lowest BCUT2D eigenvalue weighted by Gasteiger charge is -2.23. The quantitative estimate of drug-likeness (QED) is 0.636. The van der Waals surface area contributed by atoms with Crippen molar-refractivity contribution in [2.24, 2.45) is 0 Å². The van der Waals surface area contributed by atoms with Crippen molar-refractivity contribution in [1.82, 2.24) is 5.32 Å². The van der Waals surface area contributed by atoms with E-state index in [1.165, 1.54) is 0 Å². The molecule has 92 valence electrons. The number of hydrogen-bond donors (Lipinski definition) is 2. The van der Waals surface area contributed by atoms with E-state index in [0.717, 1.165) is 30.1 Å². The maximum atomic E-state index is 11.5. The summed E-state index contributed by atoms with van der Waals surface area (Å²) in [5.41, 5.74) is 1.82. The lowest BCUT2D eigenvalue weighted by Crippen LogP contribution is -2.34. The van der Waals surface area contributed by atoms with Crippen LogP contribution in [0.4, 0.5) is 5.69 Å². The van der Waals surface area contributed by atoms with Crippen LogP contribution in [0.25, 0.3) is 0 Å². The Morgan fingerprint density at radius 1 is 1.53 bits per heavy atom. The molecule has 5 heteroatoms. The number of alkyl halides is 1. The highest BCUT2D eigenvalue weighted by Gasteiger charge is 2.23. The van der Waals surface area contributed by atoms with Gasteiger partial charge in [0.05, 0.1) is 5.69 Å².